The van der Waals surface area contributed by atoms with Crippen molar-refractivity contribution in [3.8, 4) is 11.4 Å². The molecule has 1 aromatic heterocycles. The van der Waals surface area contributed by atoms with Crippen LogP contribution < -0.4 is 0 Å². The molecule has 0 atom stereocenters. The Balaban J connectivity index is 2.49. The van der Waals surface area contributed by atoms with E-state index in [0.717, 1.165) is 0 Å². The highest BCUT2D eigenvalue weighted by atomic mass is 16.6. The van der Waals surface area contributed by atoms with Crippen LogP contribution in [0.4, 0.5) is 5.69 Å². The Morgan fingerprint density at radius 2 is 2.24 bits per heavy atom. The van der Waals surface area contributed by atoms with Crippen LogP contribution in [0.1, 0.15) is 5.82 Å². The fraction of sp³-hybridized carbons (Fsp3) is 0.200. The van der Waals surface area contributed by atoms with Gasteiger partial charge in [-0.1, -0.05) is 12.1 Å². The zero-order valence-corrected chi connectivity index (χ0v) is 9.07. The van der Waals surface area contributed by atoms with Crippen molar-refractivity contribution in [2.24, 2.45) is 7.05 Å². The van der Waals surface area contributed by atoms with Crippen LogP contribution in [0.25, 0.3) is 11.4 Å². The Hall–Kier alpha value is -2.28. The van der Waals surface area contributed by atoms with Crippen LogP contribution in [0.5, 0.6) is 0 Å². The highest BCUT2D eigenvalue weighted by molar-refractivity contribution is 5.59. The van der Waals surface area contributed by atoms with Crippen molar-refractivity contribution < 1.29 is 10.0 Å². The van der Waals surface area contributed by atoms with Crippen molar-refractivity contribution >= 4 is 5.69 Å². The van der Waals surface area contributed by atoms with Gasteiger partial charge >= 0.3 is 0 Å². The van der Waals surface area contributed by atoms with Gasteiger partial charge in [-0.05, 0) is 0 Å². The minimum atomic E-state index is -0.465. The minimum Gasteiger partial charge on any atom is -0.388 e. The molecule has 1 heterocycles. The lowest BCUT2D eigenvalue weighted by Gasteiger charge is -2.02. The number of aromatic nitrogens is 3. The Labute approximate surface area is 96.5 Å². The molecule has 0 radical (unpaired) electrons. The monoisotopic (exact) mass is 234 g/mol. The lowest BCUT2D eigenvalue weighted by molar-refractivity contribution is -0.384. The molecule has 0 unspecified atom stereocenters. The number of aliphatic hydroxyl groups excluding tert-OH is 1. The predicted octanol–water partition coefficient (Wildman–Crippen LogP) is 0.883. The molecule has 0 amide bonds. The highest BCUT2D eigenvalue weighted by Crippen LogP contribution is 2.22. The van der Waals surface area contributed by atoms with Crippen LogP contribution in [-0.4, -0.2) is 24.8 Å². The molecule has 0 bridgehead atoms. The number of benzene rings is 1. The van der Waals surface area contributed by atoms with Gasteiger partial charge in [-0.3, -0.25) is 10.1 Å². The molecule has 2 aromatic rings. The largest absolute Gasteiger partial charge is 0.388 e. The van der Waals surface area contributed by atoms with Crippen LogP contribution in [0.15, 0.2) is 24.3 Å². The summed E-state index contributed by atoms with van der Waals surface area (Å²) in [4.78, 5) is 10.2. The molecule has 0 aliphatic rings. The van der Waals surface area contributed by atoms with Gasteiger partial charge in [0, 0.05) is 24.7 Å². The minimum absolute atomic E-state index is 0.00366. The summed E-state index contributed by atoms with van der Waals surface area (Å²) in [5, 5.41) is 27.3. The molecule has 0 saturated carbocycles. The second-order valence-corrected chi connectivity index (χ2v) is 3.46. The van der Waals surface area contributed by atoms with Gasteiger partial charge in [-0.2, -0.15) is 0 Å². The van der Waals surface area contributed by atoms with Crippen molar-refractivity contribution in [1.82, 2.24) is 14.8 Å². The summed E-state index contributed by atoms with van der Waals surface area (Å²) in [5.41, 5.74) is 0.588. The summed E-state index contributed by atoms with van der Waals surface area (Å²) in [6.45, 7) is -0.224. The molecular formula is C10H10N4O3. The van der Waals surface area contributed by atoms with E-state index in [4.69, 9.17) is 5.11 Å². The molecule has 0 fully saturated rings. The average Bonchev–Trinajstić information content (AvgIpc) is 2.70. The van der Waals surface area contributed by atoms with E-state index in [0.29, 0.717) is 17.2 Å². The number of aliphatic hydroxyl groups is 1. The van der Waals surface area contributed by atoms with Gasteiger partial charge in [0.05, 0.1) is 4.92 Å². The van der Waals surface area contributed by atoms with Gasteiger partial charge in [0.1, 0.15) is 6.61 Å². The van der Waals surface area contributed by atoms with E-state index in [-0.39, 0.29) is 12.3 Å². The van der Waals surface area contributed by atoms with E-state index in [1.807, 2.05) is 0 Å². The number of hydrogen-bond acceptors (Lipinski definition) is 5. The number of nitro benzene ring substituents is 1. The Kier molecular flexibility index (Phi) is 2.84. The van der Waals surface area contributed by atoms with Crippen molar-refractivity contribution in [2.45, 2.75) is 6.61 Å². The number of rotatable bonds is 3. The first-order chi connectivity index (χ1) is 8.13. The number of nitrogens with zero attached hydrogens (tertiary/aromatic N) is 4. The van der Waals surface area contributed by atoms with E-state index in [9.17, 15) is 10.1 Å². The second kappa shape index (κ2) is 4.30. The van der Waals surface area contributed by atoms with Crippen LogP contribution in [-0.2, 0) is 13.7 Å². The van der Waals surface area contributed by atoms with Gasteiger partial charge in [0.2, 0.25) is 0 Å². The first-order valence-corrected chi connectivity index (χ1v) is 4.87. The molecule has 0 aliphatic heterocycles. The molecule has 0 spiro atoms. The van der Waals surface area contributed by atoms with Crippen molar-refractivity contribution in [2.75, 3.05) is 0 Å². The third kappa shape index (κ3) is 2.00. The first kappa shape index (κ1) is 11.2. The maximum Gasteiger partial charge on any atom is 0.270 e. The average molecular weight is 234 g/mol. The number of nitro groups is 1. The standard InChI is InChI=1S/C10H10N4O3/c1-13-9(6-15)11-12-10(13)7-3-2-4-8(5-7)14(16)17/h2-5,15H,6H2,1H3. The third-order valence-corrected chi connectivity index (χ3v) is 2.42. The highest BCUT2D eigenvalue weighted by Gasteiger charge is 2.13. The molecular weight excluding hydrogens is 224 g/mol. The first-order valence-electron chi connectivity index (χ1n) is 4.87. The second-order valence-electron chi connectivity index (χ2n) is 3.46. The summed E-state index contributed by atoms with van der Waals surface area (Å²) in [7, 11) is 1.69. The van der Waals surface area contributed by atoms with E-state index in [1.54, 1.807) is 23.7 Å². The Bertz CT molecular complexity index is 564. The summed E-state index contributed by atoms with van der Waals surface area (Å²) in [6, 6.07) is 6.12. The van der Waals surface area contributed by atoms with Gasteiger partial charge < -0.3 is 9.67 Å². The Morgan fingerprint density at radius 3 is 2.82 bits per heavy atom. The van der Waals surface area contributed by atoms with Gasteiger partial charge in [-0.15, -0.1) is 10.2 Å². The molecule has 7 nitrogen and oxygen atoms in total. The van der Waals surface area contributed by atoms with E-state index >= 15 is 0 Å². The van der Waals surface area contributed by atoms with E-state index < -0.39 is 4.92 Å². The third-order valence-electron chi connectivity index (χ3n) is 2.42. The lowest BCUT2D eigenvalue weighted by atomic mass is 10.2. The van der Waals surface area contributed by atoms with Crippen LogP contribution >= 0.6 is 0 Å². The fourth-order valence-corrected chi connectivity index (χ4v) is 1.51. The molecule has 17 heavy (non-hydrogen) atoms. The van der Waals surface area contributed by atoms with Gasteiger partial charge in [0.15, 0.2) is 11.6 Å². The number of non-ortho nitro benzene ring substituents is 1. The normalized spacial score (nSPS) is 10.5. The van der Waals surface area contributed by atoms with Gasteiger partial charge in [0.25, 0.3) is 5.69 Å². The molecule has 1 aromatic carbocycles. The predicted molar refractivity (Wildman–Crippen MR) is 59.0 cm³/mol. The van der Waals surface area contributed by atoms with Crippen molar-refractivity contribution in [1.29, 1.82) is 0 Å². The van der Waals surface area contributed by atoms with Crippen molar-refractivity contribution in [3.05, 3.63) is 40.2 Å². The van der Waals surface area contributed by atoms with Crippen molar-refractivity contribution in [3.63, 3.8) is 0 Å². The topological polar surface area (TPSA) is 94.1 Å². The van der Waals surface area contributed by atoms with E-state index in [2.05, 4.69) is 10.2 Å². The Morgan fingerprint density at radius 1 is 1.47 bits per heavy atom. The molecule has 1 N–H and O–H groups in total. The molecule has 2 rings (SSSR count). The summed E-state index contributed by atoms with van der Waals surface area (Å²) in [5.74, 6) is 0.893. The van der Waals surface area contributed by atoms with Crippen LogP contribution in [0.2, 0.25) is 0 Å². The SMILES string of the molecule is Cn1c(CO)nnc1-c1cccc([N+](=O)[O-])c1. The fourth-order valence-electron chi connectivity index (χ4n) is 1.51. The zero-order chi connectivity index (χ0) is 12.4. The molecule has 88 valence electrons. The van der Waals surface area contributed by atoms with Gasteiger partial charge in [-0.25, -0.2) is 0 Å². The quantitative estimate of drug-likeness (QED) is 0.628. The maximum absolute atomic E-state index is 10.7. The zero-order valence-electron chi connectivity index (χ0n) is 9.07. The maximum atomic E-state index is 10.7. The molecule has 0 saturated heterocycles. The smallest absolute Gasteiger partial charge is 0.270 e. The summed E-state index contributed by atoms with van der Waals surface area (Å²) in [6.07, 6.45) is 0. The molecule has 7 heteroatoms. The number of hydrogen-bond donors (Lipinski definition) is 1. The van der Waals surface area contributed by atoms with E-state index in [1.165, 1.54) is 12.1 Å². The summed E-state index contributed by atoms with van der Waals surface area (Å²) < 4.78 is 1.60. The van der Waals surface area contributed by atoms with Crippen LogP contribution in [0.3, 0.4) is 0 Å². The molecule has 0 aliphatic carbocycles. The lowest BCUT2D eigenvalue weighted by Crippen LogP contribution is -1.99. The van der Waals surface area contributed by atoms with Crippen LogP contribution in [0, 0.1) is 10.1 Å². The summed E-state index contributed by atoms with van der Waals surface area (Å²) >= 11 is 0.